The lowest BCUT2D eigenvalue weighted by Gasteiger charge is -2.04. The van der Waals surface area contributed by atoms with Crippen LogP contribution in [0.2, 0.25) is 0 Å². The molecule has 0 atom stereocenters. The van der Waals surface area contributed by atoms with Gasteiger partial charge in [-0.1, -0.05) is 13.2 Å². The normalized spacial score (nSPS) is 13.8. The van der Waals surface area contributed by atoms with Crippen LogP contribution in [-0.2, 0) is 4.74 Å². The molecule has 2 heteroatoms. The molecule has 0 unspecified atom stereocenters. The first-order valence-electron chi connectivity index (χ1n) is 4.08. The molecule has 1 aliphatic rings. The zero-order valence-electron chi connectivity index (χ0n) is 7.18. The van der Waals surface area contributed by atoms with Gasteiger partial charge in [0.1, 0.15) is 5.76 Å². The molecule has 0 heterocycles. The van der Waals surface area contributed by atoms with Crippen molar-refractivity contribution < 1.29 is 9.84 Å². The van der Waals surface area contributed by atoms with Crippen LogP contribution in [0.3, 0.4) is 0 Å². The molecule has 1 fully saturated rings. The predicted molar refractivity (Wildman–Crippen MR) is 48.8 cm³/mol. The van der Waals surface area contributed by atoms with Crippen molar-refractivity contribution in [2.45, 2.75) is 19.3 Å². The Balaban J connectivity index is 2.25. The second-order valence-corrected chi connectivity index (χ2v) is 2.84. The Morgan fingerprint density at radius 3 is 2.67 bits per heavy atom. The lowest BCUT2D eigenvalue weighted by atomic mass is 10.4. The van der Waals surface area contributed by atoms with Gasteiger partial charge in [-0.3, -0.25) is 0 Å². The summed E-state index contributed by atoms with van der Waals surface area (Å²) in [5.41, 5.74) is 1.33. The highest BCUT2D eigenvalue weighted by Crippen LogP contribution is 2.32. The van der Waals surface area contributed by atoms with Crippen LogP contribution in [0.1, 0.15) is 19.3 Å². The summed E-state index contributed by atoms with van der Waals surface area (Å²) in [6.07, 6.45) is 4.47. The number of hydrogen-bond donors (Lipinski definition) is 1. The van der Waals surface area contributed by atoms with E-state index in [0.29, 0.717) is 13.0 Å². The highest BCUT2D eigenvalue weighted by atomic mass is 16.5. The van der Waals surface area contributed by atoms with E-state index in [2.05, 4.69) is 13.2 Å². The summed E-state index contributed by atoms with van der Waals surface area (Å²) in [7, 11) is 0. The molecule has 0 aliphatic heterocycles. The maximum absolute atomic E-state index is 8.78. The van der Waals surface area contributed by atoms with Crippen molar-refractivity contribution in [3.63, 3.8) is 0 Å². The molecule has 0 saturated heterocycles. The minimum atomic E-state index is 0.166. The Bertz CT molecular complexity index is 220. The Labute approximate surface area is 72.9 Å². The van der Waals surface area contributed by atoms with Crippen LogP contribution in [0, 0.1) is 0 Å². The summed E-state index contributed by atoms with van der Waals surface area (Å²) in [5, 5.41) is 8.78. The quantitative estimate of drug-likeness (QED) is 0.636. The van der Waals surface area contributed by atoms with Gasteiger partial charge in [0.15, 0.2) is 0 Å². The molecule has 0 aromatic carbocycles. The monoisotopic (exact) mass is 166 g/mol. The summed E-state index contributed by atoms with van der Waals surface area (Å²) in [4.78, 5) is 0. The first-order chi connectivity index (χ1) is 5.74. The Hall–Kier alpha value is -1.18. The summed E-state index contributed by atoms with van der Waals surface area (Å²) in [5.74, 6) is 1.05. The molecule has 0 radical (unpaired) electrons. The maximum atomic E-state index is 8.78. The number of hydrogen-bond acceptors (Lipinski definition) is 2. The summed E-state index contributed by atoms with van der Waals surface area (Å²) in [6.45, 7) is 7.51. The third kappa shape index (κ3) is 2.82. The van der Waals surface area contributed by atoms with Crippen LogP contribution < -0.4 is 0 Å². The van der Waals surface area contributed by atoms with Gasteiger partial charge >= 0.3 is 0 Å². The van der Waals surface area contributed by atoms with E-state index in [1.807, 2.05) is 0 Å². The first-order valence-corrected chi connectivity index (χ1v) is 4.08. The Morgan fingerprint density at radius 2 is 2.25 bits per heavy atom. The van der Waals surface area contributed by atoms with Crippen LogP contribution in [-0.4, -0.2) is 11.7 Å². The summed E-state index contributed by atoms with van der Waals surface area (Å²) in [6, 6.07) is 0. The molecular weight excluding hydrogens is 152 g/mol. The van der Waals surface area contributed by atoms with Crippen LogP contribution in [0.25, 0.3) is 0 Å². The highest BCUT2D eigenvalue weighted by molar-refractivity contribution is 5.27. The van der Waals surface area contributed by atoms with Gasteiger partial charge in [-0.2, -0.15) is 0 Å². The molecule has 0 amide bonds. The minimum absolute atomic E-state index is 0.166. The number of rotatable bonds is 5. The molecule has 1 aliphatic carbocycles. The standard InChI is InChI=1S/C10H14O2/c1-3-10(9-4-5-9)12-7-6-8(2)11/h3,11H,1-2,4-7H2. The molecule has 66 valence electrons. The fourth-order valence-corrected chi connectivity index (χ4v) is 0.893. The highest BCUT2D eigenvalue weighted by Gasteiger charge is 2.16. The molecule has 0 aromatic heterocycles. The summed E-state index contributed by atoms with van der Waals surface area (Å²) < 4.78 is 5.37. The molecule has 1 N–H and O–H groups in total. The van der Waals surface area contributed by atoms with Crippen molar-refractivity contribution in [3.05, 3.63) is 36.3 Å². The summed E-state index contributed by atoms with van der Waals surface area (Å²) >= 11 is 0. The molecule has 0 bridgehead atoms. The topological polar surface area (TPSA) is 29.5 Å². The molecule has 12 heavy (non-hydrogen) atoms. The van der Waals surface area contributed by atoms with Crippen LogP contribution in [0.15, 0.2) is 36.3 Å². The van der Waals surface area contributed by atoms with E-state index in [1.165, 1.54) is 5.57 Å². The van der Waals surface area contributed by atoms with Crippen molar-refractivity contribution >= 4 is 0 Å². The number of aliphatic hydroxyl groups excluding tert-OH is 1. The van der Waals surface area contributed by atoms with E-state index in [4.69, 9.17) is 9.84 Å². The zero-order valence-corrected chi connectivity index (χ0v) is 7.18. The Kier molecular flexibility index (Phi) is 2.97. The molecule has 0 spiro atoms. The van der Waals surface area contributed by atoms with Crippen molar-refractivity contribution in [2.24, 2.45) is 0 Å². The van der Waals surface area contributed by atoms with E-state index >= 15 is 0 Å². The van der Waals surface area contributed by atoms with Gasteiger partial charge < -0.3 is 9.84 Å². The number of aliphatic hydroxyl groups is 1. The minimum Gasteiger partial charge on any atom is -0.513 e. The number of allylic oxidation sites excluding steroid dienone is 2. The van der Waals surface area contributed by atoms with Crippen LogP contribution >= 0.6 is 0 Å². The van der Waals surface area contributed by atoms with E-state index in [0.717, 1.165) is 18.6 Å². The molecule has 1 saturated carbocycles. The molecule has 2 nitrogen and oxygen atoms in total. The third-order valence-corrected chi connectivity index (χ3v) is 1.68. The van der Waals surface area contributed by atoms with E-state index < -0.39 is 0 Å². The van der Waals surface area contributed by atoms with Crippen molar-refractivity contribution in [1.29, 1.82) is 0 Å². The molecular formula is C10H14O2. The van der Waals surface area contributed by atoms with Crippen LogP contribution in [0.5, 0.6) is 0 Å². The average Bonchev–Trinajstić information content (AvgIpc) is 2.80. The predicted octanol–water partition coefficient (Wildman–Crippen LogP) is 2.70. The van der Waals surface area contributed by atoms with Crippen LogP contribution in [0.4, 0.5) is 0 Å². The van der Waals surface area contributed by atoms with E-state index in [9.17, 15) is 0 Å². The second-order valence-electron chi connectivity index (χ2n) is 2.84. The van der Waals surface area contributed by atoms with Gasteiger partial charge in [0.25, 0.3) is 0 Å². The van der Waals surface area contributed by atoms with Crippen molar-refractivity contribution in [1.82, 2.24) is 0 Å². The average molecular weight is 166 g/mol. The second kappa shape index (κ2) is 4.00. The number of ether oxygens (including phenoxy) is 1. The third-order valence-electron chi connectivity index (χ3n) is 1.68. The fourth-order valence-electron chi connectivity index (χ4n) is 0.893. The smallest absolute Gasteiger partial charge is 0.117 e. The largest absolute Gasteiger partial charge is 0.513 e. The Morgan fingerprint density at radius 1 is 1.58 bits per heavy atom. The van der Waals surface area contributed by atoms with Gasteiger partial charge in [0.2, 0.25) is 0 Å². The van der Waals surface area contributed by atoms with Gasteiger partial charge in [0.05, 0.1) is 12.4 Å². The van der Waals surface area contributed by atoms with E-state index in [1.54, 1.807) is 6.08 Å². The molecule has 1 rings (SSSR count). The van der Waals surface area contributed by atoms with Crippen molar-refractivity contribution in [2.75, 3.05) is 6.61 Å². The van der Waals surface area contributed by atoms with Gasteiger partial charge in [-0.25, -0.2) is 0 Å². The van der Waals surface area contributed by atoms with Crippen molar-refractivity contribution in [3.8, 4) is 0 Å². The lowest BCUT2D eigenvalue weighted by molar-refractivity contribution is 0.211. The SMILES string of the molecule is C=CC(OCCC(=C)O)=C1CC1. The molecule has 0 aromatic rings. The van der Waals surface area contributed by atoms with Gasteiger partial charge in [-0.15, -0.1) is 0 Å². The zero-order chi connectivity index (χ0) is 8.97. The van der Waals surface area contributed by atoms with E-state index in [-0.39, 0.29) is 5.76 Å². The van der Waals surface area contributed by atoms with Gasteiger partial charge in [-0.05, 0) is 24.5 Å². The first kappa shape index (κ1) is 8.91. The fraction of sp³-hybridized carbons (Fsp3) is 0.400. The maximum Gasteiger partial charge on any atom is 0.117 e. The van der Waals surface area contributed by atoms with Gasteiger partial charge in [0, 0.05) is 6.42 Å². The lowest BCUT2D eigenvalue weighted by Crippen LogP contribution is -1.94.